The van der Waals surface area contributed by atoms with Gasteiger partial charge in [0, 0.05) is 25.5 Å². The molecular formula is C16H23N3O. The molecule has 0 saturated carbocycles. The fourth-order valence-electron chi connectivity index (χ4n) is 2.07. The van der Waals surface area contributed by atoms with Gasteiger partial charge in [-0.3, -0.25) is 0 Å². The Balaban J connectivity index is 1.56. The van der Waals surface area contributed by atoms with Crippen LogP contribution in [0.3, 0.4) is 0 Å². The molecule has 2 rings (SSSR count). The van der Waals surface area contributed by atoms with E-state index in [0.29, 0.717) is 6.61 Å². The Morgan fingerprint density at radius 3 is 2.75 bits per heavy atom. The second-order valence-electron chi connectivity index (χ2n) is 4.76. The van der Waals surface area contributed by atoms with E-state index in [1.54, 1.807) is 0 Å². The van der Waals surface area contributed by atoms with Crippen LogP contribution < -0.4 is 10.1 Å². The molecule has 0 aliphatic carbocycles. The van der Waals surface area contributed by atoms with Crippen LogP contribution >= 0.6 is 0 Å². The predicted molar refractivity (Wildman–Crippen MR) is 80.8 cm³/mol. The van der Waals surface area contributed by atoms with E-state index in [9.17, 15) is 0 Å². The van der Waals surface area contributed by atoms with Gasteiger partial charge in [0.25, 0.3) is 0 Å². The zero-order valence-electron chi connectivity index (χ0n) is 12.1. The van der Waals surface area contributed by atoms with Crippen LogP contribution in [0, 0.1) is 0 Å². The van der Waals surface area contributed by atoms with Crippen molar-refractivity contribution in [3.63, 3.8) is 0 Å². The van der Waals surface area contributed by atoms with E-state index in [0.717, 1.165) is 25.4 Å². The van der Waals surface area contributed by atoms with Crippen molar-refractivity contribution in [3.8, 4) is 5.75 Å². The summed E-state index contributed by atoms with van der Waals surface area (Å²) in [6, 6.07) is 8.28. The van der Waals surface area contributed by atoms with Crippen molar-refractivity contribution in [2.45, 2.75) is 32.9 Å². The van der Waals surface area contributed by atoms with Crippen LogP contribution in [0.4, 0.5) is 0 Å². The molecule has 0 radical (unpaired) electrons. The molecule has 4 heteroatoms. The number of benzene rings is 1. The minimum atomic E-state index is 0.717. The fraction of sp³-hybridized carbons (Fsp3) is 0.438. The van der Waals surface area contributed by atoms with Crippen molar-refractivity contribution in [1.29, 1.82) is 0 Å². The SMILES string of the molecule is CCOc1ccc(CNCCCCn2ccnc2)cc1. The average molecular weight is 273 g/mol. The summed E-state index contributed by atoms with van der Waals surface area (Å²) < 4.78 is 7.54. The second-order valence-corrected chi connectivity index (χ2v) is 4.76. The summed E-state index contributed by atoms with van der Waals surface area (Å²) >= 11 is 0. The van der Waals surface area contributed by atoms with Crippen LogP contribution in [-0.4, -0.2) is 22.7 Å². The maximum absolute atomic E-state index is 5.43. The Bertz CT molecular complexity index is 465. The first-order chi connectivity index (χ1) is 9.88. The van der Waals surface area contributed by atoms with Crippen molar-refractivity contribution in [1.82, 2.24) is 14.9 Å². The van der Waals surface area contributed by atoms with E-state index < -0.39 is 0 Å². The Hall–Kier alpha value is -1.81. The van der Waals surface area contributed by atoms with Crippen LogP contribution in [0.1, 0.15) is 25.3 Å². The van der Waals surface area contributed by atoms with E-state index in [4.69, 9.17) is 4.74 Å². The first-order valence-electron chi connectivity index (χ1n) is 7.26. The summed E-state index contributed by atoms with van der Waals surface area (Å²) in [6.45, 7) is 5.72. The monoisotopic (exact) mass is 273 g/mol. The van der Waals surface area contributed by atoms with Gasteiger partial charge in [-0.2, -0.15) is 0 Å². The lowest BCUT2D eigenvalue weighted by Gasteiger charge is -2.07. The molecule has 0 amide bonds. The van der Waals surface area contributed by atoms with Gasteiger partial charge in [0.1, 0.15) is 5.75 Å². The maximum atomic E-state index is 5.43. The molecular weight excluding hydrogens is 250 g/mol. The van der Waals surface area contributed by atoms with Gasteiger partial charge in [-0.25, -0.2) is 4.98 Å². The summed E-state index contributed by atoms with van der Waals surface area (Å²) in [5.41, 5.74) is 1.29. The second kappa shape index (κ2) is 8.38. The fourth-order valence-corrected chi connectivity index (χ4v) is 2.07. The van der Waals surface area contributed by atoms with E-state index in [1.165, 1.54) is 18.4 Å². The molecule has 0 bridgehead atoms. The molecule has 0 saturated heterocycles. The van der Waals surface area contributed by atoms with Crippen molar-refractivity contribution < 1.29 is 4.74 Å². The van der Waals surface area contributed by atoms with Gasteiger partial charge in [0.05, 0.1) is 12.9 Å². The zero-order valence-corrected chi connectivity index (χ0v) is 12.1. The van der Waals surface area contributed by atoms with Crippen molar-refractivity contribution in [2.24, 2.45) is 0 Å². The Morgan fingerprint density at radius 1 is 1.20 bits per heavy atom. The molecule has 2 aromatic rings. The number of nitrogens with zero attached hydrogens (tertiary/aromatic N) is 2. The minimum Gasteiger partial charge on any atom is -0.494 e. The first kappa shape index (κ1) is 14.6. The Kier molecular flexibility index (Phi) is 6.11. The highest BCUT2D eigenvalue weighted by Gasteiger charge is 1.95. The minimum absolute atomic E-state index is 0.717. The van der Waals surface area contributed by atoms with Gasteiger partial charge >= 0.3 is 0 Å². The van der Waals surface area contributed by atoms with Gasteiger partial charge in [-0.1, -0.05) is 12.1 Å². The zero-order chi connectivity index (χ0) is 14.0. The molecule has 0 aliphatic heterocycles. The molecule has 0 spiro atoms. The smallest absolute Gasteiger partial charge is 0.119 e. The molecule has 20 heavy (non-hydrogen) atoms. The van der Waals surface area contributed by atoms with E-state index in [2.05, 4.69) is 27.0 Å². The number of ether oxygens (including phenoxy) is 1. The highest BCUT2D eigenvalue weighted by molar-refractivity contribution is 5.27. The van der Waals surface area contributed by atoms with Crippen molar-refractivity contribution in [3.05, 3.63) is 48.5 Å². The van der Waals surface area contributed by atoms with Gasteiger partial charge in [-0.05, 0) is 44.0 Å². The van der Waals surface area contributed by atoms with Crippen molar-refractivity contribution >= 4 is 0 Å². The van der Waals surface area contributed by atoms with Gasteiger partial charge in [0.15, 0.2) is 0 Å². The molecule has 0 aliphatic rings. The molecule has 4 nitrogen and oxygen atoms in total. The van der Waals surface area contributed by atoms with Gasteiger partial charge in [-0.15, -0.1) is 0 Å². The topological polar surface area (TPSA) is 39.1 Å². The lowest BCUT2D eigenvalue weighted by atomic mass is 10.2. The van der Waals surface area contributed by atoms with Crippen LogP contribution in [0.15, 0.2) is 43.0 Å². The average Bonchev–Trinajstić information content (AvgIpc) is 2.98. The quantitative estimate of drug-likeness (QED) is 0.714. The van der Waals surface area contributed by atoms with Crippen LogP contribution in [0.25, 0.3) is 0 Å². The molecule has 1 heterocycles. The molecule has 0 atom stereocenters. The molecule has 1 N–H and O–H groups in total. The van der Waals surface area contributed by atoms with Crippen LogP contribution in [-0.2, 0) is 13.1 Å². The molecule has 108 valence electrons. The summed E-state index contributed by atoms with van der Waals surface area (Å²) in [4.78, 5) is 4.03. The first-order valence-corrected chi connectivity index (χ1v) is 7.26. The van der Waals surface area contributed by atoms with Crippen molar-refractivity contribution in [2.75, 3.05) is 13.2 Å². The van der Waals surface area contributed by atoms with Crippen LogP contribution in [0.5, 0.6) is 5.75 Å². The molecule has 0 fully saturated rings. The van der Waals surface area contributed by atoms with Gasteiger partial charge < -0.3 is 14.6 Å². The number of aryl methyl sites for hydroxylation is 1. The lowest BCUT2D eigenvalue weighted by Crippen LogP contribution is -2.15. The lowest BCUT2D eigenvalue weighted by molar-refractivity contribution is 0.340. The standard InChI is InChI=1S/C16H23N3O/c1-2-20-16-7-5-15(6-8-16)13-17-9-3-4-11-19-12-10-18-14-19/h5-8,10,12,14,17H,2-4,9,11,13H2,1H3. The highest BCUT2D eigenvalue weighted by atomic mass is 16.5. The Labute approximate surface area is 120 Å². The van der Waals surface area contributed by atoms with E-state index in [1.807, 2.05) is 37.8 Å². The van der Waals surface area contributed by atoms with E-state index in [-0.39, 0.29) is 0 Å². The van der Waals surface area contributed by atoms with Gasteiger partial charge in [0.2, 0.25) is 0 Å². The van der Waals surface area contributed by atoms with Crippen LogP contribution in [0.2, 0.25) is 0 Å². The number of hydrogen-bond acceptors (Lipinski definition) is 3. The predicted octanol–water partition coefficient (Wildman–Crippen LogP) is 2.85. The third-order valence-corrected chi connectivity index (χ3v) is 3.14. The largest absolute Gasteiger partial charge is 0.494 e. The molecule has 1 aromatic carbocycles. The third-order valence-electron chi connectivity index (χ3n) is 3.14. The maximum Gasteiger partial charge on any atom is 0.119 e. The summed E-state index contributed by atoms with van der Waals surface area (Å²) in [7, 11) is 0. The number of unbranched alkanes of at least 4 members (excludes halogenated alkanes) is 1. The number of imidazole rings is 1. The number of aromatic nitrogens is 2. The molecule has 0 unspecified atom stereocenters. The molecule has 1 aromatic heterocycles. The summed E-state index contributed by atoms with van der Waals surface area (Å²) in [6.07, 6.45) is 8.05. The number of rotatable bonds is 9. The summed E-state index contributed by atoms with van der Waals surface area (Å²) in [5, 5.41) is 3.47. The third kappa shape index (κ3) is 5.05. The van der Waals surface area contributed by atoms with E-state index >= 15 is 0 Å². The normalized spacial score (nSPS) is 10.7. The number of nitrogens with one attached hydrogen (secondary N) is 1. The number of hydrogen-bond donors (Lipinski definition) is 1. The summed E-state index contributed by atoms with van der Waals surface area (Å²) in [5.74, 6) is 0.941. The highest BCUT2D eigenvalue weighted by Crippen LogP contribution is 2.11. The Morgan fingerprint density at radius 2 is 2.05 bits per heavy atom.